The number of esters is 1. The van der Waals surface area contributed by atoms with Gasteiger partial charge in [0, 0.05) is 12.1 Å². The van der Waals surface area contributed by atoms with Crippen LogP contribution in [-0.2, 0) is 11.3 Å². The molecule has 0 fully saturated rings. The molecule has 2 rings (SSSR count). The average Bonchev–Trinajstić information content (AvgIpc) is 2.79. The summed E-state index contributed by atoms with van der Waals surface area (Å²) in [5.74, 6) is -0.816. The Bertz CT molecular complexity index is 725. The Hall–Kier alpha value is -2.34. The Morgan fingerprint density at radius 1 is 1.36 bits per heavy atom. The average molecular weight is 322 g/mol. The Balaban J connectivity index is 2.09. The van der Waals surface area contributed by atoms with E-state index < -0.39 is 12.6 Å². The summed E-state index contributed by atoms with van der Waals surface area (Å²) in [6.45, 7) is 3.66. The molecule has 116 valence electrons. The number of carbonyl (C=O) groups is 2. The Kier molecular flexibility index (Phi) is 4.82. The number of rotatable bonds is 5. The normalized spacial score (nSPS) is 10.5. The maximum absolute atomic E-state index is 12.1. The number of Topliss-reactive ketones (excluding diaryl/α,β-unsaturated/α-hetero) is 1. The number of benzene rings is 1. The molecule has 6 nitrogen and oxygen atoms in total. The van der Waals surface area contributed by atoms with E-state index in [0.29, 0.717) is 22.8 Å². The number of aryl methyl sites for hydroxylation is 2. The van der Waals surface area contributed by atoms with E-state index in [4.69, 9.17) is 22.1 Å². The number of hydrogen-bond donors (Lipinski definition) is 1. The predicted molar refractivity (Wildman–Crippen MR) is 83.1 cm³/mol. The summed E-state index contributed by atoms with van der Waals surface area (Å²) in [4.78, 5) is 24.1. The second-order valence-corrected chi connectivity index (χ2v) is 5.05. The monoisotopic (exact) mass is 321 g/mol. The number of nitrogens with zero attached hydrogens (tertiary/aromatic N) is 2. The van der Waals surface area contributed by atoms with Crippen molar-refractivity contribution < 1.29 is 14.3 Å². The fourth-order valence-electron chi connectivity index (χ4n) is 2.06. The fourth-order valence-corrected chi connectivity index (χ4v) is 2.30. The van der Waals surface area contributed by atoms with Gasteiger partial charge in [-0.1, -0.05) is 23.7 Å². The van der Waals surface area contributed by atoms with Gasteiger partial charge in [0.25, 0.3) is 0 Å². The predicted octanol–water partition coefficient (Wildman–Crippen LogP) is 2.49. The molecule has 0 spiro atoms. The highest BCUT2D eigenvalue weighted by Crippen LogP contribution is 2.19. The molecule has 0 radical (unpaired) electrons. The molecule has 1 heterocycles. The van der Waals surface area contributed by atoms with E-state index in [2.05, 4.69) is 5.10 Å². The molecule has 1 aromatic heterocycles. The summed E-state index contributed by atoms with van der Waals surface area (Å²) < 4.78 is 6.54. The van der Waals surface area contributed by atoms with Crippen LogP contribution in [0.25, 0.3) is 0 Å². The van der Waals surface area contributed by atoms with Gasteiger partial charge in [-0.25, -0.2) is 9.48 Å². The van der Waals surface area contributed by atoms with E-state index >= 15 is 0 Å². The lowest BCUT2D eigenvalue weighted by Gasteiger charge is -2.06. The van der Waals surface area contributed by atoms with Crippen LogP contribution in [-0.4, -0.2) is 28.1 Å². The maximum Gasteiger partial charge on any atom is 0.344 e. The molecular weight excluding hydrogens is 306 g/mol. The molecule has 2 N–H and O–H groups in total. The second-order valence-electron chi connectivity index (χ2n) is 4.64. The molecule has 22 heavy (non-hydrogen) atoms. The molecule has 0 aliphatic rings. The summed E-state index contributed by atoms with van der Waals surface area (Å²) in [7, 11) is 0. The van der Waals surface area contributed by atoms with Gasteiger partial charge >= 0.3 is 5.97 Å². The Labute approximate surface area is 132 Å². The molecule has 0 saturated carbocycles. The zero-order chi connectivity index (χ0) is 16.3. The van der Waals surface area contributed by atoms with Crippen molar-refractivity contribution in [3.05, 3.63) is 46.1 Å². The molecule has 0 amide bonds. The smallest absolute Gasteiger partial charge is 0.344 e. The van der Waals surface area contributed by atoms with Gasteiger partial charge in [-0.05, 0) is 26.0 Å². The highest BCUT2D eigenvalue weighted by Gasteiger charge is 2.21. The zero-order valence-corrected chi connectivity index (χ0v) is 13.1. The van der Waals surface area contributed by atoms with Crippen molar-refractivity contribution in [1.82, 2.24) is 9.78 Å². The number of nitrogen functional groups attached to an aromatic ring is 1. The van der Waals surface area contributed by atoms with Crippen LogP contribution in [0.2, 0.25) is 5.02 Å². The van der Waals surface area contributed by atoms with Crippen LogP contribution < -0.4 is 5.73 Å². The second kappa shape index (κ2) is 6.62. The third-order valence-corrected chi connectivity index (χ3v) is 3.51. The number of aromatic nitrogens is 2. The first-order valence-corrected chi connectivity index (χ1v) is 7.11. The van der Waals surface area contributed by atoms with E-state index in [-0.39, 0.29) is 17.2 Å². The Morgan fingerprint density at radius 2 is 2.05 bits per heavy atom. The molecule has 0 bridgehead atoms. The van der Waals surface area contributed by atoms with E-state index in [1.807, 2.05) is 6.92 Å². The van der Waals surface area contributed by atoms with Crippen molar-refractivity contribution in [2.75, 3.05) is 12.3 Å². The summed E-state index contributed by atoms with van der Waals surface area (Å²) in [5, 5.41) is 4.45. The summed E-state index contributed by atoms with van der Waals surface area (Å²) in [5.41, 5.74) is 6.82. The van der Waals surface area contributed by atoms with Gasteiger partial charge in [0.1, 0.15) is 11.4 Å². The fraction of sp³-hybridized carbons (Fsp3) is 0.267. The van der Waals surface area contributed by atoms with Crippen LogP contribution in [0.3, 0.4) is 0 Å². The van der Waals surface area contributed by atoms with Crippen molar-refractivity contribution in [1.29, 1.82) is 0 Å². The van der Waals surface area contributed by atoms with Gasteiger partial charge in [-0.15, -0.1) is 0 Å². The molecule has 0 aliphatic carbocycles. The number of carbonyl (C=O) groups excluding carboxylic acids is 2. The van der Waals surface area contributed by atoms with Gasteiger partial charge in [0.05, 0.1) is 10.7 Å². The highest BCUT2D eigenvalue weighted by molar-refractivity contribution is 6.34. The molecule has 2 aromatic rings. The van der Waals surface area contributed by atoms with Crippen LogP contribution >= 0.6 is 11.6 Å². The van der Waals surface area contributed by atoms with E-state index in [9.17, 15) is 9.59 Å². The number of ketones is 1. The van der Waals surface area contributed by atoms with Crippen molar-refractivity contribution in [2.45, 2.75) is 20.4 Å². The zero-order valence-electron chi connectivity index (χ0n) is 12.3. The number of nitrogens with two attached hydrogens (primary N) is 1. The summed E-state index contributed by atoms with van der Waals surface area (Å²) >= 11 is 5.93. The SMILES string of the molecule is CCn1nc(C)c(C(=O)OCC(=O)c2ccccc2Cl)c1N. The number of hydrogen-bond acceptors (Lipinski definition) is 5. The third kappa shape index (κ3) is 3.12. The van der Waals surface area contributed by atoms with Crippen LogP contribution in [0.15, 0.2) is 24.3 Å². The van der Waals surface area contributed by atoms with Crippen molar-refractivity contribution in [2.24, 2.45) is 0 Å². The van der Waals surface area contributed by atoms with Crippen LogP contribution in [0.5, 0.6) is 0 Å². The van der Waals surface area contributed by atoms with Crippen LogP contribution in [0.4, 0.5) is 5.82 Å². The van der Waals surface area contributed by atoms with Gasteiger partial charge in [0.2, 0.25) is 5.78 Å². The topological polar surface area (TPSA) is 87.2 Å². The van der Waals surface area contributed by atoms with Gasteiger partial charge in [0.15, 0.2) is 6.61 Å². The quantitative estimate of drug-likeness (QED) is 0.675. The van der Waals surface area contributed by atoms with Gasteiger partial charge in [-0.2, -0.15) is 5.10 Å². The minimum atomic E-state index is -0.671. The lowest BCUT2D eigenvalue weighted by atomic mass is 10.1. The molecule has 0 unspecified atom stereocenters. The van der Waals surface area contributed by atoms with E-state index in [1.165, 1.54) is 4.68 Å². The van der Waals surface area contributed by atoms with Crippen molar-refractivity contribution in [3.63, 3.8) is 0 Å². The molecule has 0 atom stereocenters. The van der Waals surface area contributed by atoms with Crippen molar-refractivity contribution >= 4 is 29.2 Å². The maximum atomic E-state index is 12.1. The molecular formula is C15H16ClN3O3. The molecule has 1 aromatic carbocycles. The molecule has 7 heteroatoms. The standard InChI is InChI=1S/C15H16ClN3O3/c1-3-19-14(17)13(9(2)18-19)15(21)22-8-12(20)10-6-4-5-7-11(10)16/h4-7H,3,8,17H2,1-2H3. The highest BCUT2D eigenvalue weighted by atomic mass is 35.5. The Morgan fingerprint density at radius 3 is 2.64 bits per heavy atom. The summed E-state index contributed by atoms with van der Waals surface area (Å²) in [6.07, 6.45) is 0. The first-order valence-electron chi connectivity index (χ1n) is 6.73. The van der Waals surface area contributed by atoms with E-state index in [1.54, 1.807) is 31.2 Å². The molecule has 0 saturated heterocycles. The first kappa shape index (κ1) is 16.0. The van der Waals surface area contributed by atoms with Crippen LogP contribution in [0.1, 0.15) is 33.3 Å². The molecule has 0 aliphatic heterocycles. The van der Waals surface area contributed by atoms with Crippen LogP contribution in [0, 0.1) is 6.92 Å². The van der Waals surface area contributed by atoms with E-state index in [0.717, 1.165) is 0 Å². The van der Waals surface area contributed by atoms with Gasteiger partial charge < -0.3 is 10.5 Å². The largest absolute Gasteiger partial charge is 0.454 e. The lowest BCUT2D eigenvalue weighted by Crippen LogP contribution is -2.16. The first-order chi connectivity index (χ1) is 10.5. The van der Waals surface area contributed by atoms with Gasteiger partial charge in [-0.3, -0.25) is 4.79 Å². The number of ether oxygens (including phenoxy) is 1. The number of anilines is 1. The van der Waals surface area contributed by atoms with Crippen molar-refractivity contribution in [3.8, 4) is 0 Å². The minimum Gasteiger partial charge on any atom is -0.454 e. The summed E-state index contributed by atoms with van der Waals surface area (Å²) in [6, 6.07) is 6.58. The third-order valence-electron chi connectivity index (χ3n) is 3.18. The number of halogens is 1. The lowest BCUT2D eigenvalue weighted by molar-refractivity contribution is 0.0475. The minimum absolute atomic E-state index is 0.189.